The third-order valence-corrected chi connectivity index (χ3v) is 2.61. The minimum absolute atomic E-state index is 0.106. The number of hydrogen-bond acceptors (Lipinski definition) is 5. The molecule has 0 aliphatic heterocycles. The zero-order valence-corrected chi connectivity index (χ0v) is 10.1. The quantitative estimate of drug-likeness (QED) is 0.671. The number of non-ortho nitro benzene ring substituents is 1. The van der Waals surface area contributed by atoms with Crippen molar-refractivity contribution in [2.24, 2.45) is 0 Å². The molecule has 0 amide bonds. The summed E-state index contributed by atoms with van der Waals surface area (Å²) in [4.78, 5) is 14.3. The molecule has 2 aromatic rings. The Morgan fingerprint density at radius 3 is 2.79 bits per heavy atom. The van der Waals surface area contributed by atoms with Crippen molar-refractivity contribution in [3.05, 3.63) is 57.9 Å². The van der Waals surface area contributed by atoms with Gasteiger partial charge in [0.05, 0.1) is 27.6 Å². The van der Waals surface area contributed by atoms with Crippen molar-refractivity contribution in [2.45, 2.75) is 6.92 Å². The van der Waals surface area contributed by atoms with Crippen LogP contribution in [0.15, 0.2) is 36.5 Å². The molecule has 0 atom stereocenters. The van der Waals surface area contributed by atoms with Gasteiger partial charge in [-0.05, 0) is 25.1 Å². The number of aromatic nitrogens is 1. The number of rotatable bonds is 3. The van der Waals surface area contributed by atoms with E-state index in [-0.39, 0.29) is 11.3 Å². The Kier molecular flexibility index (Phi) is 3.39. The molecule has 0 aliphatic rings. The van der Waals surface area contributed by atoms with Crippen molar-refractivity contribution in [3.8, 4) is 6.07 Å². The average Bonchev–Trinajstić information content (AvgIpc) is 2.41. The molecule has 0 spiro atoms. The number of hydrogen-bond donors (Lipinski definition) is 1. The maximum absolute atomic E-state index is 10.7. The van der Waals surface area contributed by atoms with E-state index >= 15 is 0 Å². The summed E-state index contributed by atoms with van der Waals surface area (Å²) >= 11 is 0. The van der Waals surface area contributed by atoms with Gasteiger partial charge in [-0.2, -0.15) is 5.26 Å². The topological polar surface area (TPSA) is 91.8 Å². The summed E-state index contributed by atoms with van der Waals surface area (Å²) in [5.74, 6) is 0. The van der Waals surface area contributed by atoms with Crippen molar-refractivity contribution < 1.29 is 4.92 Å². The number of nitrogens with one attached hydrogen (secondary N) is 1. The first kappa shape index (κ1) is 12.5. The van der Waals surface area contributed by atoms with Crippen LogP contribution in [0.3, 0.4) is 0 Å². The van der Waals surface area contributed by atoms with Crippen molar-refractivity contribution in [1.29, 1.82) is 5.26 Å². The molecule has 6 heteroatoms. The Labute approximate surface area is 109 Å². The van der Waals surface area contributed by atoms with Gasteiger partial charge >= 0.3 is 0 Å². The highest BCUT2D eigenvalue weighted by Crippen LogP contribution is 2.25. The largest absolute Gasteiger partial charge is 0.353 e. The Morgan fingerprint density at radius 1 is 1.37 bits per heavy atom. The van der Waals surface area contributed by atoms with Crippen LogP contribution >= 0.6 is 0 Å². The fraction of sp³-hybridized carbons (Fsp3) is 0.0769. The summed E-state index contributed by atoms with van der Waals surface area (Å²) in [6.07, 6.45) is 1.67. The summed E-state index contributed by atoms with van der Waals surface area (Å²) in [6, 6.07) is 9.66. The highest BCUT2D eigenvalue weighted by atomic mass is 16.6. The second-order valence-electron chi connectivity index (χ2n) is 3.86. The highest BCUT2D eigenvalue weighted by Gasteiger charge is 2.11. The maximum Gasteiger partial charge on any atom is 0.270 e. The number of nitro groups is 1. The third-order valence-electron chi connectivity index (χ3n) is 2.61. The average molecular weight is 254 g/mol. The predicted octanol–water partition coefficient (Wildman–Crippen LogP) is 2.91. The zero-order valence-electron chi connectivity index (χ0n) is 10.1. The van der Waals surface area contributed by atoms with Gasteiger partial charge in [-0.25, -0.2) is 0 Å². The number of nitro benzene ring substituents is 1. The first-order valence-corrected chi connectivity index (χ1v) is 5.49. The molecular formula is C13H10N4O2. The van der Waals surface area contributed by atoms with Crippen LogP contribution in [-0.4, -0.2) is 9.91 Å². The Morgan fingerprint density at radius 2 is 2.16 bits per heavy atom. The molecule has 0 radical (unpaired) electrons. The minimum atomic E-state index is -0.528. The molecule has 1 N–H and O–H groups in total. The zero-order chi connectivity index (χ0) is 13.8. The van der Waals surface area contributed by atoms with Crippen LogP contribution in [-0.2, 0) is 0 Å². The smallest absolute Gasteiger partial charge is 0.270 e. The number of nitrogens with zero attached hydrogens (tertiary/aromatic N) is 3. The fourth-order valence-electron chi connectivity index (χ4n) is 1.61. The van der Waals surface area contributed by atoms with E-state index in [0.29, 0.717) is 5.69 Å². The summed E-state index contributed by atoms with van der Waals surface area (Å²) < 4.78 is 0. The molecule has 19 heavy (non-hydrogen) atoms. The Hall–Kier alpha value is -2.94. The first-order valence-electron chi connectivity index (χ1n) is 5.49. The van der Waals surface area contributed by atoms with E-state index in [4.69, 9.17) is 5.26 Å². The summed E-state index contributed by atoms with van der Waals surface area (Å²) in [5, 5.41) is 22.8. The molecule has 1 aromatic carbocycles. The lowest BCUT2D eigenvalue weighted by Crippen LogP contribution is -1.98. The SMILES string of the molecule is Cc1ncccc1Nc1ccc([N+](=O)[O-])cc1C#N. The van der Waals surface area contributed by atoms with E-state index < -0.39 is 4.92 Å². The standard InChI is InChI=1S/C13H10N4O2/c1-9-12(3-2-6-15-9)16-13-5-4-11(17(18)19)7-10(13)8-14/h2-7,16H,1H3. The van der Waals surface area contributed by atoms with Gasteiger partial charge in [0.25, 0.3) is 5.69 Å². The minimum Gasteiger partial charge on any atom is -0.353 e. The number of anilines is 2. The Bertz CT molecular complexity index is 677. The third kappa shape index (κ3) is 2.66. The van der Waals surface area contributed by atoms with Gasteiger partial charge in [-0.3, -0.25) is 15.1 Å². The van der Waals surface area contributed by atoms with Crippen molar-refractivity contribution in [2.75, 3.05) is 5.32 Å². The van der Waals surface area contributed by atoms with Gasteiger partial charge in [0.2, 0.25) is 0 Å². The van der Waals surface area contributed by atoms with Crippen molar-refractivity contribution in [3.63, 3.8) is 0 Å². The highest BCUT2D eigenvalue weighted by molar-refractivity contribution is 5.69. The van der Waals surface area contributed by atoms with Crippen LogP contribution in [0.5, 0.6) is 0 Å². The Balaban J connectivity index is 2.39. The summed E-state index contributed by atoms with van der Waals surface area (Å²) in [6.45, 7) is 1.83. The van der Waals surface area contributed by atoms with E-state index in [9.17, 15) is 10.1 Å². The molecule has 94 valence electrons. The van der Waals surface area contributed by atoms with E-state index in [2.05, 4.69) is 10.3 Å². The lowest BCUT2D eigenvalue weighted by Gasteiger charge is -2.09. The molecule has 1 aromatic heterocycles. The van der Waals surface area contributed by atoms with E-state index in [1.165, 1.54) is 18.2 Å². The number of nitriles is 1. The van der Waals surface area contributed by atoms with E-state index in [1.54, 1.807) is 12.3 Å². The van der Waals surface area contributed by atoms with Gasteiger partial charge in [0.15, 0.2) is 0 Å². The monoisotopic (exact) mass is 254 g/mol. The van der Waals surface area contributed by atoms with Crippen LogP contribution in [0.25, 0.3) is 0 Å². The van der Waals surface area contributed by atoms with Crippen LogP contribution < -0.4 is 5.32 Å². The molecule has 0 unspecified atom stereocenters. The number of aryl methyl sites for hydroxylation is 1. The molecule has 1 heterocycles. The lowest BCUT2D eigenvalue weighted by atomic mass is 10.1. The van der Waals surface area contributed by atoms with Gasteiger partial charge in [-0.15, -0.1) is 0 Å². The van der Waals surface area contributed by atoms with Crippen molar-refractivity contribution >= 4 is 17.1 Å². The van der Waals surface area contributed by atoms with E-state index in [0.717, 1.165) is 11.4 Å². The molecule has 0 fully saturated rings. The second-order valence-corrected chi connectivity index (χ2v) is 3.86. The molecule has 0 bridgehead atoms. The normalized spacial score (nSPS) is 9.68. The molecule has 0 saturated carbocycles. The fourth-order valence-corrected chi connectivity index (χ4v) is 1.61. The number of pyridine rings is 1. The molecule has 6 nitrogen and oxygen atoms in total. The first-order chi connectivity index (χ1) is 9.11. The van der Waals surface area contributed by atoms with Gasteiger partial charge in [0.1, 0.15) is 6.07 Å². The summed E-state index contributed by atoms with van der Waals surface area (Å²) in [7, 11) is 0. The molecule has 0 aliphatic carbocycles. The molecule has 2 rings (SSSR count). The maximum atomic E-state index is 10.7. The van der Waals surface area contributed by atoms with E-state index in [1.807, 2.05) is 19.1 Å². The number of benzene rings is 1. The van der Waals surface area contributed by atoms with Crippen molar-refractivity contribution in [1.82, 2.24) is 4.98 Å². The van der Waals surface area contributed by atoms with Crippen LogP contribution in [0.4, 0.5) is 17.1 Å². The van der Waals surface area contributed by atoms with Gasteiger partial charge < -0.3 is 5.32 Å². The molecule has 0 saturated heterocycles. The molecular weight excluding hydrogens is 244 g/mol. The van der Waals surface area contributed by atoms with Crippen LogP contribution in [0.1, 0.15) is 11.3 Å². The lowest BCUT2D eigenvalue weighted by molar-refractivity contribution is -0.384. The van der Waals surface area contributed by atoms with Crippen LogP contribution in [0, 0.1) is 28.4 Å². The van der Waals surface area contributed by atoms with Gasteiger partial charge in [-0.1, -0.05) is 0 Å². The second kappa shape index (κ2) is 5.14. The van der Waals surface area contributed by atoms with Crippen LogP contribution in [0.2, 0.25) is 0 Å². The van der Waals surface area contributed by atoms with Gasteiger partial charge in [0, 0.05) is 18.3 Å². The summed E-state index contributed by atoms with van der Waals surface area (Å²) in [5.41, 5.74) is 2.17. The predicted molar refractivity (Wildman–Crippen MR) is 70.1 cm³/mol.